The molecule has 20 heavy (non-hydrogen) atoms. The second kappa shape index (κ2) is 6.25. The highest BCUT2D eigenvalue weighted by Crippen LogP contribution is 2.21. The van der Waals surface area contributed by atoms with Gasteiger partial charge in [0, 0.05) is 11.2 Å². The quantitative estimate of drug-likeness (QED) is 0.909. The van der Waals surface area contributed by atoms with Gasteiger partial charge in [0.2, 0.25) is 0 Å². The van der Waals surface area contributed by atoms with Crippen LogP contribution in [0.5, 0.6) is 11.5 Å². The number of halogens is 1. The summed E-state index contributed by atoms with van der Waals surface area (Å²) in [4.78, 5) is 15.5. The maximum atomic E-state index is 11.7. The molecule has 5 nitrogen and oxygen atoms in total. The topological polar surface area (TPSA) is 71.5 Å². The molecule has 0 saturated carbocycles. The number of hydrogen-bond acceptors (Lipinski definition) is 4. The molecular weight excluding hydrogens is 280 g/mol. The SMILES string of the molecule is Cc1cc(OCC(=O)Nc2ncccc2O)ccc1Cl. The van der Waals surface area contributed by atoms with Crippen molar-refractivity contribution >= 4 is 23.3 Å². The largest absolute Gasteiger partial charge is 0.504 e. The highest BCUT2D eigenvalue weighted by Gasteiger charge is 2.08. The Morgan fingerprint density at radius 2 is 2.25 bits per heavy atom. The van der Waals surface area contributed by atoms with Gasteiger partial charge in [-0.2, -0.15) is 0 Å². The van der Waals surface area contributed by atoms with Crippen molar-refractivity contribution in [2.24, 2.45) is 0 Å². The number of aryl methyl sites for hydroxylation is 1. The zero-order valence-corrected chi connectivity index (χ0v) is 11.5. The van der Waals surface area contributed by atoms with Gasteiger partial charge < -0.3 is 15.2 Å². The molecule has 0 bridgehead atoms. The summed E-state index contributed by atoms with van der Waals surface area (Å²) in [5.74, 6) is 0.149. The first-order chi connectivity index (χ1) is 9.56. The van der Waals surface area contributed by atoms with Gasteiger partial charge in [0.15, 0.2) is 18.2 Å². The molecule has 0 unspecified atom stereocenters. The molecule has 2 rings (SSSR count). The van der Waals surface area contributed by atoms with Crippen LogP contribution in [0.25, 0.3) is 0 Å². The first kappa shape index (κ1) is 14.1. The van der Waals surface area contributed by atoms with E-state index in [0.29, 0.717) is 10.8 Å². The lowest BCUT2D eigenvalue weighted by molar-refractivity contribution is -0.118. The Hall–Kier alpha value is -2.27. The van der Waals surface area contributed by atoms with E-state index in [2.05, 4.69) is 10.3 Å². The predicted molar refractivity (Wildman–Crippen MR) is 76.2 cm³/mol. The van der Waals surface area contributed by atoms with Gasteiger partial charge in [-0.1, -0.05) is 11.6 Å². The van der Waals surface area contributed by atoms with Crippen LogP contribution in [0.15, 0.2) is 36.5 Å². The number of amides is 1. The molecule has 2 N–H and O–H groups in total. The molecular formula is C14H13ClN2O3. The van der Waals surface area contributed by atoms with Crippen LogP contribution >= 0.6 is 11.6 Å². The van der Waals surface area contributed by atoms with Gasteiger partial charge in [0.05, 0.1) is 0 Å². The molecule has 1 amide bonds. The summed E-state index contributed by atoms with van der Waals surface area (Å²) in [6, 6.07) is 8.13. The van der Waals surface area contributed by atoms with Crippen LogP contribution in [0, 0.1) is 6.92 Å². The number of nitrogens with zero attached hydrogens (tertiary/aromatic N) is 1. The van der Waals surface area contributed by atoms with Crippen molar-refractivity contribution in [2.75, 3.05) is 11.9 Å². The Kier molecular flexibility index (Phi) is 4.42. The van der Waals surface area contributed by atoms with Crippen LogP contribution in [-0.2, 0) is 4.79 Å². The van der Waals surface area contributed by atoms with Crippen molar-refractivity contribution in [3.05, 3.63) is 47.1 Å². The predicted octanol–water partition coefficient (Wildman–Crippen LogP) is 2.77. The Morgan fingerprint density at radius 3 is 2.95 bits per heavy atom. The molecule has 104 valence electrons. The summed E-state index contributed by atoms with van der Waals surface area (Å²) in [6.45, 7) is 1.66. The van der Waals surface area contributed by atoms with E-state index in [9.17, 15) is 9.90 Å². The Morgan fingerprint density at radius 1 is 1.45 bits per heavy atom. The number of benzene rings is 1. The molecule has 0 aliphatic rings. The van der Waals surface area contributed by atoms with E-state index < -0.39 is 5.91 Å². The summed E-state index contributed by atoms with van der Waals surface area (Å²) in [7, 11) is 0. The zero-order chi connectivity index (χ0) is 14.5. The number of carbonyl (C=O) groups is 1. The molecule has 0 saturated heterocycles. The lowest BCUT2D eigenvalue weighted by atomic mass is 10.2. The van der Waals surface area contributed by atoms with E-state index in [1.54, 1.807) is 24.3 Å². The highest BCUT2D eigenvalue weighted by molar-refractivity contribution is 6.31. The van der Waals surface area contributed by atoms with Crippen LogP contribution in [0.3, 0.4) is 0 Å². The zero-order valence-electron chi connectivity index (χ0n) is 10.8. The molecule has 0 atom stereocenters. The van der Waals surface area contributed by atoms with E-state index in [-0.39, 0.29) is 18.2 Å². The minimum absolute atomic E-state index is 0.0943. The number of hydrogen-bond donors (Lipinski definition) is 2. The average molecular weight is 293 g/mol. The number of nitrogens with one attached hydrogen (secondary N) is 1. The third kappa shape index (κ3) is 3.61. The second-order valence-corrected chi connectivity index (χ2v) is 4.53. The number of anilines is 1. The molecule has 1 aromatic heterocycles. The fourth-order valence-corrected chi connectivity index (χ4v) is 1.63. The van der Waals surface area contributed by atoms with Gasteiger partial charge in [-0.3, -0.25) is 4.79 Å². The molecule has 0 radical (unpaired) electrons. The summed E-state index contributed by atoms with van der Waals surface area (Å²) >= 11 is 5.90. The third-order valence-corrected chi connectivity index (χ3v) is 2.97. The first-order valence-electron chi connectivity index (χ1n) is 5.89. The molecule has 0 fully saturated rings. The van der Waals surface area contributed by atoms with Crippen molar-refractivity contribution in [1.29, 1.82) is 0 Å². The molecule has 0 aliphatic heterocycles. The summed E-state index contributed by atoms with van der Waals surface area (Å²) < 4.78 is 5.34. The minimum Gasteiger partial charge on any atom is -0.504 e. The Balaban J connectivity index is 1.92. The second-order valence-electron chi connectivity index (χ2n) is 4.12. The fourth-order valence-electron chi connectivity index (χ4n) is 1.52. The summed E-state index contributed by atoms with van der Waals surface area (Å²) in [5.41, 5.74) is 0.868. The summed E-state index contributed by atoms with van der Waals surface area (Å²) in [5, 5.41) is 12.6. The van der Waals surface area contributed by atoms with E-state index in [0.717, 1.165) is 5.56 Å². The minimum atomic E-state index is -0.411. The van der Waals surface area contributed by atoms with Gasteiger partial charge in [-0.15, -0.1) is 0 Å². The lowest BCUT2D eigenvalue weighted by Crippen LogP contribution is -2.20. The van der Waals surface area contributed by atoms with Crippen LogP contribution in [0.2, 0.25) is 5.02 Å². The van der Waals surface area contributed by atoms with Crippen molar-refractivity contribution in [1.82, 2.24) is 4.98 Å². The van der Waals surface area contributed by atoms with E-state index in [4.69, 9.17) is 16.3 Å². The molecule has 1 heterocycles. The molecule has 0 aliphatic carbocycles. The van der Waals surface area contributed by atoms with Crippen molar-refractivity contribution in [3.63, 3.8) is 0 Å². The van der Waals surface area contributed by atoms with Gasteiger partial charge in [0.25, 0.3) is 5.91 Å². The van der Waals surface area contributed by atoms with Gasteiger partial charge in [-0.25, -0.2) is 4.98 Å². The molecule has 1 aromatic carbocycles. The van der Waals surface area contributed by atoms with E-state index >= 15 is 0 Å². The smallest absolute Gasteiger partial charge is 0.263 e. The normalized spacial score (nSPS) is 10.1. The van der Waals surface area contributed by atoms with E-state index in [1.165, 1.54) is 12.3 Å². The Bertz CT molecular complexity index is 632. The van der Waals surface area contributed by atoms with Gasteiger partial charge in [0.1, 0.15) is 5.75 Å². The average Bonchev–Trinajstić information content (AvgIpc) is 2.43. The molecule has 6 heteroatoms. The van der Waals surface area contributed by atoms with Crippen LogP contribution in [0.4, 0.5) is 5.82 Å². The van der Waals surface area contributed by atoms with Crippen LogP contribution in [-0.4, -0.2) is 22.6 Å². The van der Waals surface area contributed by atoms with Crippen molar-refractivity contribution in [3.8, 4) is 11.5 Å². The third-order valence-electron chi connectivity index (χ3n) is 2.54. The van der Waals surface area contributed by atoms with E-state index in [1.807, 2.05) is 6.92 Å². The number of aromatic hydroxyl groups is 1. The number of ether oxygens (including phenoxy) is 1. The molecule has 2 aromatic rings. The van der Waals surface area contributed by atoms with Crippen molar-refractivity contribution in [2.45, 2.75) is 6.92 Å². The fraction of sp³-hybridized carbons (Fsp3) is 0.143. The number of rotatable bonds is 4. The summed E-state index contributed by atoms with van der Waals surface area (Å²) in [6.07, 6.45) is 1.47. The monoisotopic (exact) mass is 292 g/mol. The number of pyridine rings is 1. The van der Waals surface area contributed by atoms with Gasteiger partial charge in [-0.05, 0) is 42.8 Å². The number of carbonyl (C=O) groups excluding carboxylic acids is 1. The Labute approximate surface area is 121 Å². The molecule has 0 spiro atoms. The highest BCUT2D eigenvalue weighted by atomic mass is 35.5. The maximum Gasteiger partial charge on any atom is 0.263 e. The van der Waals surface area contributed by atoms with Crippen LogP contribution < -0.4 is 10.1 Å². The maximum absolute atomic E-state index is 11.7. The van der Waals surface area contributed by atoms with Crippen molar-refractivity contribution < 1.29 is 14.6 Å². The standard InChI is InChI=1S/C14H13ClN2O3/c1-9-7-10(4-5-11(9)15)20-8-13(19)17-14-12(18)3-2-6-16-14/h2-7,18H,8H2,1H3,(H,16,17,19). The van der Waals surface area contributed by atoms with Crippen LogP contribution in [0.1, 0.15) is 5.56 Å². The van der Waals surface area contributed by atoms with Gasteiger partial charge >= 0.3 is 0 Å². The number of aromatic nitrogens is 1. The first-order valence-corrected chi connectivity index (χ1v) is 6.27. The lowest BCUT2D eigenvalue weighted by Gasteiger charge is -2.08.